The van der Waals surface area contributed by atoms with Crippen molar-refractivity contribution in [2.45, 2.75) is 44.8 Å². The Kier molecular flexibility index (Phi) is 5.65. The predicted molar refractivity (Wildman–Crippen MR) is 94.6 cm³/mol. The van der Waals surface area contributed by atoms with E-state index < -0.39 is 0 Å². The van der Waals surface area contributed by atoms with Crippen molar-refractivity contribution >= 4 is 28.8 Å². The summed E-state index contributed by atoms with van der Waals surface area (Å²) in [5, 5.41) is 16.3. The van der Waals surface area contributed by atoms with E-state index in [4.69, 9.17) is 16.3 Å². The average Bonchev–Trinajstić information content (AvgIpc) is 3.23. The first-order valence-corrected chi connectivity index (χ1v) is 9.31. The van der Waals surface area contributed by atoms with E-state index in [2.05, 4.69) is 34.1 Å². The summed E-state index contributed by atoms with van der Waals surface area (Å²) in [4.78, 5) is 13.4. The summed E-state index contributed by atoms with van der Waals surface area (Å²) in [6.07, 6.45) is 1.79. The predicted octanol–water partition coefficient (Wildman–Crippen LogP) is 3.71. The van der Waals surface area contributed by atoms with Gasteiger partial charge in [0.2, 0.25) is 0 Å². The number of nitrogens with zero attached hydrogens (tertiary/aromatic N) is 3. The molecule has 2 unspecified atom stereocenters. The molecular weight excluding hydrogens is 348 g/mol. The molecule has 0 amide bonds. The fourth-order valence-corrected chi connectivity index (χ4v) is 3.63. The first-order valence-electron chi connectivity index (χ1n) is 8.05. The van der Waals surface area contributed by atoms with Crippen molar-refractivity contribution in [3.8, 4) is 0 Å². The van der Waals surface area contributed by atoms with Crippen LogP contribution >= 0.6 is 22.9 Å². The second kappa shape index (κ2) is 7.74. The van der Waals surface area contributed by atoms with Crippen LogP contribution in [0.5, 0.6) is 0 Å². The minimum atomic E-state index is -0.336. The maximum atomic E-state index is 9.74. The Balaban J connectivity index is 1.79. The van der Waals surface area contributed by atoms with Crippen LogP contribution in [0.25, 0.3) is 0 Å². The lowest BCUT2D eigenvalue weighted by atomic mass is 10.2. The van der Waals surface area contributed by atoms with Crippen molar-refractivity contribution in [2.75, 3.05) is 18.5 Å². The van der Waals surface area contributed by atoms with Crippen LogP contribution in [-0.4, -0.2) is 33.3 Å². The normalized spacial score (nSPS) is 19.0. The largest absolute Gasteiger partial charge is 0.394 e. The maximum absolute atomic E-state index is 9.74. The van der Waals surface area contributed by atoms with Crippen molar-refractivity contribution in [1.29, 1.82) is 0 Å². The van der Waals surface area contributed by atoms with Gasteiger partial charge in [0.1, 0.15) is 17.1 Å². The molecule has 0 aromatic carbocycles. The van der Waals surface area contributed by atoms with Crippen LogP contribution in [0.2, 0.25) is 5.15 Å². The molecule has 3 rings (SSSR count). The Morgan fingerprint density at radius 1 is 1.42 bits per heavy atom. The number of anilines is 1. The maximum Gasteiger partial charge on any atom is 0.161 e. The highest BCUT2D eigenvalue weighted by atomic mass is 35.5. The molecule has 6 nitrogen and oxygen atoms in total. The third-order valence-electron chi connectivity index (χ3n) is 3.83. The zero-order valence-electron chi connectivity index (χ0n) is 13.7. The highest BCUT2D eigenvalue weighted by Crippen LogP contribution is 2.29. The molecule has 1 fully saturated rings. The van der Waals surface area contributed by atoms with E-state index in [9.17, 15) is 5.11 Å². The van der Waals surface area contributed by atoms with Crippen LogP contribution in [-0.2, 0) is 4.74 Å². The van der Waals surface area contributed by atoms with Crippen molar-refractivity contribution < 1.29 is 9.84 Å². The second-order valence-electron chi connectivity index (χ2n) is 6.08. The number of ether oxygens (including phenoxy) is 1. The van der Waals surface area contributed by atoms with E-state index in [1.807, 2.05) is 5.38 Å². The van der Waals surface area contributed by atoms with Gasteiger partial charge < -0.3 is 15.2 Å². The number of nitrogens with one attached hydrogen (secondary N) is 1. The van der Waals surface area contributed by atoms with Gasteiger partial charge in [-0.3, -0.25) is 0 Å². The minimum Gasteiger partial charge on any atom is -0.394 e. The zero-order valence-corrected chi connectivity index (χ0v) is 15.3. The molecule has 1 saturated heterocycles. The van der Waals surface area contributed by atoms with Crippen LogP contribution in [0.15, 0.2) is 11.4 Å². The van der Waals surface area contributed by atoms with E-state index in [1.54, 1.807) is 17.4 Å². The summed E-state index contributed by atoms with van der Waals surface area (Å²) in [6.45, 7) is 4.83. The summed E-state index contributed by atoms with van der Waals surface area (Å²) < 4.78 is 5.62. The summed E-state index contributed by atoms with van der Waals surface area (Å²) in [5.74, 6) is 1.52. The van der Waals surface area contributed by atoms with E-state index in [0.29, 0.717) is 22.7 Å². The van der Waals surface area contributed by atoms with Crippen LogP contribution < -0.4 is 5.32 Å². The quantitative estimate of drug-likeness (QED) is 0.756. The molecule has 2 N–H and O–H groups in total. The summed E-state index contributed by atoms with van der Waals surface area (Å²) in [5.41, 5.74) is 0.805. The van der Waals surface area contributed by atoms with Crippen LogP contribution in [0.4, 0.5) is 5.82 Å². The molecule has 3 heterocycles. The van der Waals surface area contributed by atoms with Gasteiger partial charge >= 0.3 is 0 Å². The smallest absolute Gasteiger partial charge is 0.161 e. The first kappa shape index (κ1) is 17.5. The molecule has 2 aromatic rings. The Hall–Kier alpha value is -1.28. The van der Waals surface area contributed by atoms with Crippen LogP contribution in [0.1, 0.15) is 61.3 Å². The van der Waals surface area contributed by atoms with Gasteiger partial charge in [0.25, 0.3) is 0 Å². The molecular formula is C16H21ClN4O2S. The molecule has 0 aliphatic carbocycles. The van der Waals surface area contributed by atoms with Gasteiger partial charge in [0, 0.05) is 24.0 Å². The van der Waals surface area contributed by atoms with E-state index >= 15 is 0 Å². The van der Waals surface area contributed by atoms with Gasteiger partial charge in [-0.1, -0.05) is 25.4 Å². The Labute approximate surface area is 150 Å². The number of hydrogen-bond acceptors (Lipinski definition) is 7. The Morgan fingerprint density at radius 2 is 2.25 bits per heavy atom. The number of aliphatic hydroxyl groups excluding tert-OH is 1. The van der Waals surface area contributed by atoms with Crippen molar-refractivity contribution in [3.63, 3.8) is 0 Å². The minimum absolute atomic E-state index is 0.0852. The van der Waals surface area contributed by atoms with Crippen molar-refractivity contribution in [1.82, 2.24) is 15.0 Å². The summed E-state index contributed by atoms with van der Waals surface area (Å²) in [7, 11) is 0. The molecule has 1 aliphatic rings. The number of aromatic nitrogens is 3. The molecule has 2 aromatic heterocycles. The monoisotopic (exact) mass is 368 g/mol. The molecule has 130 valence electrons. The van der Waals surface area contributed by atoms with E-state index in [1.165, 1.54) is 0 Å². The van der Waals surface area contributed by atoms with Crippen molar-refractivity contribution in [3.05, 3.63) is 33.1 Å². The third kappa shape index (κ3) is 4.03. The van der Waals surface area contributed by atoms with Gasteiger partial charge in [0.05, 0.1) is 23.4 Å². The van der Waals surface area contributed by atoms with Crippen LogP contribution in [0.3, 0.4) is 0 Å². The van der Waals surface area contributed by atoms with Crippen molar-refractivity contribution in [2.24, 2.45) is 0 Å². The standard InChI is InChI=1S/C16H21ClN4O2S/c1-9(2)16-19-11(8-24-16)10(7-22)18-14-6-13(17)20-15(21-14)12-4-3-5-23-12/h6,8-10,12,22H,3-5,7H2,1-2H3,(H,18,20,21). The summed E-state index contributed by atoms with van der Waals surface area (Å²) in [6, 6.07) is 1.32. The van der Waals surface area contributed by atoms with E-state index in [0.717, 1.165) is 30.2 Å². The molecule has 24 heavy (non-hydrogen) atoms. The average molecular weight is 369 g/mol. The van der Waals surface area contributed by atoms with Gasteiger partial charge in [-0.05, 0) is 12.8 Å². The van der Waals surface area contributed by atoms with Crippen LogP contribution in [0, 0.1) is 0 Å². The second-order valence-corrected chi connectivity index (χ2v) is 7.36. The lowest BCUT2D eigenvalue weighted by Crippen LogP contribution is -2.17. The molecule has 2 atom stereocenters. The fourth-order valence-electron chi connectivity index (χ4n) is 2.55. The highest BCUT2D eigenvalue weighted by Gasteiger charge is 2.22. The molecule has 0 saturated carbocycles. The summed E-state index contributed by atoms with van der Waals surface area (Å²) >= 11 is 7.72. The number of halogens is 1. The zero-order chi connectivity index (χ0) is 17.1. The molecule has 0 spiro atoms. The van der Waals surface area contributed by atoms with Gasteiger partial charge in [-0.15, -0.1) is 11.3 Å². The van der Waals surface area contributed by atoms with E-state index in [-0.39, 0.29) is 18.8 Å². The number of aliphatic hydroxyl groups is 1. The highest BCUT2D eigenvalue weighted by molar-refractivity contribution is 7.09. The Bertz CT molecular complexity index is 688. The van der Waals surface area contributed by atoms with Gasteiger partial charge in [0.15, 0.2) is 5.82 Å². The third-order valence-corrected chi connectivity index (χ3v) is 5.18. The molecule has 0 radical (unpaired) electrons. The van der Waals surface area contributed by atoms with Gasteiger partial charge in [-0.2, -0.15) is 0 Å². The number of thiazole rings is 1. The molecule has 0 bridgehead atoms. The lowest BCUT2D eigenvalue weighted by Gasteiger charge is -2.16. The van der Waals surface area contributed by atoms with Gasteiger partial charge in [-0.25, -0.2) is 15.0 Å². The topological polar surface area (TPSA) is 80.2 Å². The lowest BCUT2D eigenvalue weighted by molar-refractivity contribution is 0.105. The fraction of sp³-hybridized carbons (Fsp3) is 0.562. The number of rotatable bonds is 6. The molecule has 8 heteroatoms. The molecule has 1 aliphatic heterocycles. The first-order chi connectivity index (χ1) is 11.6. The number of hydrogen-bond donors (Lipinski definition) is 2. The SMILES string of the molecule is CC(C)c1nc(C(CO)Nc2cc(Cl)nc(C3CCCO3)n2)cs1. The Morgan fingerprint density at radius 3 is 2.88 bits per heavy atom.